The van der Waals surface area contributed by atoms with E-state index in [-0.39, 0.29) is 11.8 Å². The number of rotatable bonds is 6. The van der Waals surface area contributed by atoms with Crippen molar-refractivity contribution in [3.63, 3.8) is 0 Å². The molecule has 1 heterocycles. The molecule has 1 aliphatic heterocycles. The zero-order valence-electron chi connectivity index (χ0n) is 12.2. The summed E-state index contributed by atoms with van der Waals surface area (Å²) in [7, 11) is 5.31. The van der Waals surface area contributed by atoms with Crippen LogP contribution in [0.1, 0.15) is 12.8 Å². The van der Waals surface area contributed by atoms with Gasteiger partial charge in [-0.1, -0.05) is 0 Å². The zero-order chi connectivity index (χ0) is 14.3. The largest absolute Gasteiger partial charge is 0.358 e. The van der Waals surface area contributed by atoms with Crippen LogP contribution in [0.5, 0.6) is 0 Å². The molecule has 2 amide bonds. The van der Waals surface area contributed by atoms with Crippen LogP contribution in [0.25, 0.3) is 0 Å². The van der Waals surface area contributed by atoms with Gasteiger partial charge < -0.3 is 10.6 Å². The molecule has 110 valence electrons. The van der Waals surface area contributed by atoms with Crippen LogP contribution in [0.3, 0.4) is 0 Å². The van der Waals surface area contributed by atoms with E-state index < -0.39 is 0 Å². The van der Waals surface area contributed by atoms with E-state index in [1.807, 2.05) is 7.05 Å². The lowest BCUT2D eigenvalue weighted by Crippen LogP contribution is -2.43. The first kappa shape index (κ1) is 15.9. The molecule has 6 heteroatoms. The topological polar surface area (TPSA) is 64.7 Å². The number of likely N-dealkylation sites (N-methyl/N-ethyl adjacent to an activating group) is 3. The lowest BCUT2D eigenvalue weighted by molar-refractivity contribution is -0.123. The Morgan fingerprint density at radius 2 is 1.74 bits per heavy atom. The maximum atomic E-state index is 11.3. The summed E-state index contributed by atoms with van der Waals surface area (Å²) in [5.74, 6) is 0.755. The van der Waals surface area contributed by atoms with Crippen molar-refractivity contribution in [2.24, 2.45) is 5.92 Å². The molecule has 0 atom stereocenters. The quantitative estimate of drug-likeness (QED) is 0.658. The predicted octanol–water partition coefficient (Wildman–Crippen LogP) is -0.878. The van der Waals surface area contributed by atoms with E-state index in [1.165, 1.54) is 0 Å². The molecule has 0 unspecified atom stereocenters. The number of nitrogens with one attached hydrogen (secondary N) is 2. The molecule has 6 nitrogen and oxygen atoms in total. The fourth-order valence-corrected chi connectivity index (χ4v) is 2.44. The van der Waals surface area contributed by atoms with Crippen molar-refractivity contribution in [2.75, 3.05) is 53.9 Å². The van der Waals surface area contributed by atoms with Gasteiger partial charge in [0.2, 0.25) is 11.8 Å². The Hall–Kier alpha value is -1.14. The Bertz CT molecular complexity index is 301. The van der Waals surface area contributed by atoms with E-state index in [2.05, 4.69) is 20.4 Å². The van der Waals surface area contributed by atoms with Crippen molar-refractivity contribution < 1.29 is 9.59 Å². The van der Waals surface area contributed by atoms with Crippen LogP contribution in [0.4, 0.5) is 0 Å². The van der Waals surface area contributed by atoms with Crippen molar-refractivity contribution in [1.29, 1.82) is 0 Å². The molecule has 0 spiro atoms. The van der Waals surface area contributed by atoms with Crippen molar-refractivity contribution in [3.8, 4) is 0 Å². The van der Waals surface area contributed by atoms with E-state index in [9.17, 15) is 9.59 Å². The van der Waals surface area contributed by atoms with Gasteiger partial charge in [-0.2, -0.15) is 0 Å². The fraction of sp³-hybridized carbons (Fsp3) is 0.846. The van der Waals surface area contributed by atoms with Gasteiger partial charge in [0.25, 0.3) is 0 Å². The van der Waals surface area contributed by atoms with Gasteiger partial charge in [-0.3, -0.25) is 19.4 Å². The summed E-state index contributed by atoms with van der Waals surface area (Å²) in [4.78, 5) is 26.8. The molecule has 0 bridgehead atoms. The Morgan fingerprint density at radius 1 is 1.16 bits per heavy atom. The van der Waals surface area contributed by atoms with Crippen LogP contribution in [0.2, 0.25) is 0 Å². The molecule has 2 N–H and O–H groups in total. The first-order valence-electron chi connectivity index (χ1n) is 6.87. The van der Waals surface area contributed by atoms with Gasteiger partial charge in [-0.15, -0.1) is 0 Å². The first-order chi connectivity index (χ1) is 9.05. The molecule has 1 fully saturated rings. The van der Waals surface area contributed by atoms with Gasteiger partial charge in [0.1, 0.15) is 0 Å². The Labute approximate surface area is 115 Å². The number of hydrogen-bond donors (Lipinski definition) is 2. The predicted molar refractivity (Wildman–Crippen MR) is 74.8 cm³/mol. The van der Waals surface area contributed by atoms with Gasteiger partial charge in [-0.05, 0) is 38.9 Å². The highest BCUT2D eigenvalue weighted by Gasteiger charge is 2.21. The number of hydrogen-bond acceptors (Lipinski definition) is 4. The molecule has 0 aromatic rings. The van der Waals surface area contributed by atoms with Gasteiger partial charge in [0, 0.05) is 20.6 Å². The number of amides is 2. The third-order valence-corrected chi connectivity index (χ3v) is 3.62. The average molecular weight is 270 g/mol. The van der Waals surface area contributed by atoms with E-state index in [0.717, 1.165) is 32.5 Å². The molecule has 0 aromatic heterocycles. The minimum Gasteiger partial charge on any atom is -0.358 e. The van der Waals surface area contributed by atoms with E-state index >= 15 is 0 Å². The standard InChI is InChI=1S/C13H26N4O2/c1-14-12(18)9-16(3)8-11-4-6-17(7-5-11)10-13(19)15-2/h11H,4-10H2,1-3H3,(H,14,18)(H,15,19). The minimum atomic E-state index is 0.0551. The van der Waals surface area contributed by atoms with Crippen LogP contribution < -0.4 is 10.6 Å². The molecule has 0 aliphatic carbocycles. The normalized spacial score (nSPS) is 17.5. The fourth-order valence-electron chi connectivity index (χ4n) is 2.44. The lowest BCUT2D eigenvalue weighted by Gasteiger charge is -2.33. The van der Waals surface area contributed by atoms with Gasteiger partial charge >= 0.3 is 0 Å². The van der Waals surface area contributed by atoms with Crippen molar-refractivity contribution in [1.82, 2.24) is 20.4 Å². The highest BCUT2D eigenvalue weighted by atomic mass is 16.2. The molecule has 1 rings (SSSR count). The number of carbonyl (C=O) groups is 2. The van der Waals surface area contributed by atoms with Crippen molar-refractivity contribution >= 4 is 11.8 Å². The van der Waals surface area contributed by atoms with Crippen molar-refractivity contribution in [2.45, 2.75) is 12.8 Å². The molecule has 0 saturated carbocycles. The van der Waals surface area contributed by atoms with Gasteiger partial charge in [0.15, 0.2) is 0 Å². The van der Waals surface area contributed by atoms with E-state index in [0.29, 0.717) is 19.0 Å². The SMILES string of the molecule is CNC(=O)CN(C)CC1CCN(CC(=O)NC)CC1. The zero-order valence-corrected chi connectivity index (χ0v) is 12.2. The van der Waals surface area contributed by atoms with Gasteiger partial charge in [-0.25, -0.2) is 0 Å². The number of carbonyl (C=O) groups excluding carboxylic acids is 2. The molecular formula is C13H26N4O2. The summed E-state index contributed by atoms with van der Waals surface area (Å²) >= 11 is 0. The van der Waals surface area contributed by atoms with E-state index in [1.54, 1.807) is 14.1 Å². The minimum absolute atomic E-state index is 0.0551. The highest BCUT2D eigenvalue weighted by Crippen LogP contribution is 2.17. The summed E-state index contributed by atoms with van der Waals surface area (Å²) < 4.78 is 0. The Balaban J connectivity index is 2.22. The summed E-state index contributed by atoms with van der Waals surface area (Å²) in [6.45, 7) is 3.82. The molecule has 1 saturated heterocycles. The monoisotopic (exact) mass is 270 g/mol. The summed E-state index contributed by atoms with van der Waals surface area (Å²) in [5, 5.41) is 5.29. The number of nitrogens with zero attached hydrogens (tertiary/aromatic N) is 2. The van der Waals surface area contributed by atoms with Crippen LogP contribution >= 0.6 is 0 Å². The van der Waals surface area contributed by atoms with Crippen LogP contribution in [-0.2, 0) is 9.59 Å². The second-order valence-corrected chi connectivity index (χ2v) is 5.26. The molecule has 19 heavy (non-hydrogen) atoms. The third-order valence-electron chi connectivity index (χ3n) is 3.62. The first-order valence-corrected chi connectivity index (χ1v) is 6.87. The Kier molecular flexibility index (Phi) is 6.80. The summed E-state index contributed by atoms with van der Waals surface area (Å²) in [5.41, 5.74) is 0. The average Bonchev–Trinajstić information content (AvgIpc) is 2.40. The molecule has 0 radical (unpaired) electrons. The van der Waals surface area contributed by atoms with Crippen LogP contribution in [-0.4, -0.2) is 75.5 Å². The molecular weight excluding hydrogens is 244 g/mol. The second-order valence-electron chi connectivity index (χ2n) is 5.26. The molecule has 1 aliphatic rings. The van der Waals surface area contributed by atoms with Crippen LogP contribution in [0.15, 0.2) is 0 Å². The number of likely N-dealkylation sites (tertiary alicyclic amines) is 1. The summed E-state index contributed by atoms with van der Waals surface area (Å²) in [6.07, 6.45) is 2.18. The lowest BCUT2D eigenvalue weighted by atomic mass is 9.96. The second kappa shape index (κ2) is 8.12. The highest BCUT2D eigenvalue weighted by molar-refractivity contribution is 5.77. The van der Waals surface area contributed by atoms with Gasteiger partial charge in [0.05, 0.1) is 13.1 Å². The maximum absolute atomic E-state index is 11.3. The van der Waals surface area contributed by atoms with E-state index in [4.69, 9.17) is 0 Å². The molecule has 0 aromatic carbocycles. The number of piperidine rings is 1. The van der Waals surface area contributed by atoms with Crippen molar-refractivity contribution in [3.05, 3.63) is 0 Å². The summed E-state index contributed by atoms with van der Waals surface area (Å²) in [6, 6.07) is 0. The third kappa shape index (κ3) is 6.02. The maximum Gasteiger partial charge on any atom is 0.233 e. The Morgan fingerprint density at radius 3 is 2.26 bits per heavy atom. The van der Waals surface area contributed by atoms with Crippen LogP contribution in [0, 0.1) is 5.92 Å². The smallest absolute Gasteiger partial charge is 0.233 e.